The molecule has 16 heavy (non-hydrogen) atoms. The molecule has 0 N–H and O–H groups in total. The van der Waals surface area contributed by atoms with Crippen molar-refractivity contribution >= 4 is 12.0 Å². The Morgan fingerprint density at radius 2 is 2.25 bits per heavy atom. The zero-order valence-electron chi connectivity index (χ0n) is 8.11. The van der Waals surface area contributed by atoms with Crippen molar-refractivity contribution in [1.82, 2.24) is 9.78 Å². The van der Waals surface area contributed by atoms with E-state index in [1.165, 1.54) is 29.2 Å². The first kappa shape index (κ1) is 10.0. The first-order valence-electron chi connectivity index (χ1n) is 4.45. The van der Waals surface area contributed by atoms with Gasteiger partial charge in [-0.25, -0.2) is 4.68 Å². The van der Waals surface area contributed by atoms with Crippen molar-refractivity contribution < 1.29 is 9.72 Å². The van der Waals surface area contributed by atoms with Crippen molar-refractivity contribution in [1.29, 1.82) is 0 Å². The molecule has 1 aromatic heterocycles. The molecule has 0 aliphatic rings. The number of hydrogen-bond acceptors (Lipinski definition) is 4. The molecule has 0 unspecified atom stereocenters. The lowest BCUT2D eigenvalue weighted by Crippen LogP contribution is -1.95. The molecule has 1 heterocycles. The summed E-state index contributed by atoms with van der Waals surface area (Å²) in [6.45, 7) is 0. The minimum absolute atomic E-state index is 0.0133. The Hall–Kier alpha value is -2.50. The quantitative estimate of drug-likeness (QED) is 0.444. The summed E-state index contributed by atoms with van der Waals surface area (Å²) in [6, 6.07) is 6.03. The van der Waals surface area contributed by atoms with Gasteiger partial charge in [-0.15, -0.1) is 0 Å². The predicted octanol–water partition coefficient (Wildman–Crippen LogP) is 1.59. The second kappa shape index (κ2) is 3.93. The number of carbonyl (C=O) groups is 1. The van der Waals surface area contributed by atoms with Crippen LogP contribution in [0.15, 0.2) is 36.7 Å². The molecule has 6 nitrogen and oxygen atoms in total. The van der Waals surface area contributed by atoms with Crippen molar-refractivity contribution in [2.75, 3.05) is 0 Å². The Bertz CT molecular complexity index is 548. The number of nitrogens with zero attached hydrogens (tertiary/aromatic N) is 3. The summed E-state index contributed by atoms with van der Waals surface area (Å²) < 4.78 is 1.41. The predicted molar refractivity (Wildman–Crippen MR) is 55.6 cm³/mol. The van der Waals surface area contributed by atoms with Crippen LogP contribution in [-0.4, -0.2) is 21.0 Å². The lowest BCUT2D eigenvalue weighted by atomic mass is 10.3. The average Bonchev–Trinajstić information content (AvgIpc) is 2.77. The molecule has 0 atom stereocenters. The second-order valence-corrected chi connectivity index (χ2v) is 3.11. The third-order valence-corrected chi connectivity index (χ3v) is 2.04. The molecule has 0 spiro atoms. The lowest BCUT2D eigenvalue weighted by Gasteiger charge is -1.99. The van der Waals surface area contributed by atoms with E-state index in [1.54, 1.807) is 12.1 Å². The standard InChI is InChI=1S/C10H7N3O3/c14-7-8-5-11-12(6-8)9-2-1-3-10(4-9)13(15)16/h1-7H. The van der Waals surface area contributed by atoms with Gasteiger partial charge in [0.15, 0.2) is 6.29 Å². The largest absolute Gasteiger partial charge is 0.298 e. The van der Waals surface area contributed by atoms with Gasteiger partial charge in [-0.1, -0.05) is 6.07 Å². The number of rotatable bonds is 3. The van der Waals surface area contributed by atoms with Crippen LogP contribution in [0.25, 0.3) is 5.69 Å². The van der Waals surface area contributed by atoms with Crippen LogP contribution in [-0.2, 0) is 0 Å². The van der Waals surface area contributed by atoms with E-state index in [0.29, 0.717) is 17.5 Å². The zero-order valence-corrected chi connectivity index (χ0v) is 8.11. The number of nitro benzene ring substituents is 1. The maximum atomic E-state index is 10.6. The van der Waals surface area contributed by atoms with E-state index in [4.69, 9.17) is 0 Å². The van der Waals surface area contributed by atoms with E-state index in [2.05, 4.69) is 5.10 Å². The molecule has 0 saturated carbocycles. The minimum atomic E-state index is -0.479. The van der Waals surface area contributed by atoms with Crippen LogP contribution in [0.2, 0.25) is 0 Å². The molecule has 0 aliphatic carbocycles. The second-order valence-electron chi connectivity index (χ2n) is 3.11. The van der Waals surface area contributed by atoms with Crippen LogP contribution in [0.4, 0.5) is 5.69 Å². The van der Waals surface area contributed by atoms with Crippen LogP contribution in [0.5, 0.6) is 0 Å². The van der Waals surface area contributed by atoms with Gasteiger partial charge in [-0.3, -0.25) is 14.9 Å². The third kappa shape index (κ3) is 1.81. The summed E-state index contributed by atoms with van der Waals surface area (Å²) in [5.74, 6) is 0. The number of carbonyl (C=O) groups excluding carboxylic acids is 1. The Morgan fingerprint density at radius 1 is 1.44 bits per heavy atom. The van der Waals surface area contributed by atoms with Gasteiger partial charge in [-0.05, 0) is 6.07 Å². The molecule has 2 rings (SSSR count). The van der Waals surface area contributed by atoms with E-state index in [1.807, 2.05) is 0 Å². The summed E-state index contributed by atoms with van der Waals surface area (Å²) in [5, 5.41) is 14.5. The van der Waals surface area contributed by atoms with Crippen molar-refractivity contribution in [3.8, 4) is 5.69 Å². The number of benzene rings is 1. The normalized spacial score (nSPS) is 10.0. The smallest absolute Gasteiger partial charge is 0.271 e. The maximum Gasteiger partial charge on any atom is 0.271 e. The Balaban J connectivity index is 2.43. The molecular formula is C10H7N3O3. The summed E-state index contributed by atoms with van der Waals surface area (Å²) in [5.41, 5.74) is 0.953. The number of nitro groups is 1. The van der Waals surface area contributed by atoms with Gasteiger partial charge in [0, 0.05) is 18.3 Å². The Kier molecular flexibility index (Phi) is 2.47. The SMILES string of the molecule is O=Cc1cnn(-c2cccc([N+](=O)[O-])c2)c1. The van der Waals surface area contributed by atoms with E-state index in [9.17, 15) is 14.9 Å². The highest BCUT2D eigenvalue weighted by atomic mass is 16.6. The fourth-order valence-electron chi connectivity index (χ4n) is 1.29. The molecule has 2 aromatic rings. The topological polar surface area (TPSA) is 78.0 Å². The van der Waals surface area contributed by atoms with E-state index in [-0.39, 0.29) is 5.69 Å². The molecule has 0 aliphatic heterocycles. The first-order chi connectivity index (χ1) is 7.70. The summed E-state index contributed by atoms with van der Waals surface area (Å²) in [7, 11) is 0. The van der Waals surface area contributed by atoms with Gasteiger partial charge in [0.05, 0.1) is 22.4 Å². The van der Waals surface area contributed by atoms with Crippen molar-refractivity contribution in [2.45, 2.75) is 0 Å². The Morgan fingerprint density at radius 3 is 2.88 bits per heavy atom. The Labute approximate surface area is 90.3 Å². The van der Waals surface area contributed by atoms with Crippen LogP contribution in [0, 0.1) is 10.1 Å². The van der Waals surface area contributed by atoms with E-state index >= 15 is 0 Å². The zero-order chi connectivity index (χ0) is 11.5. The number of aromatic nitrogens is 2. The first-order valence-corrected chi connectivity index (χ1v) is 4.45. The number of aldehydes is 1. The fraction of sp³-hybridized carbons (Fsp3) is 0. The van der Waals surface area contributed by atoms with E-state index in [0.717, 1.165) is 0 Å². The van der Waals surface area contributed by atoms with Crippen molar-refractivity contribution in [2.24, 2.45) is 0 Å². The third-order valence-electron chi connectivity index (χ3n) is 2.04. The molecule has 6 heteroatoms. The molecule has 0 saturated heterocycles. The molecular weight excluding hydrogens is 210 g/mol. The number of hydrogen-bond donors (Lipinski definition) is 0. The molecule has 80 valence electrons. The molecule has 0 fully saturated rings. The van der Waals surface area contributed by atoms with Gasteiger partial charge in [0.1, 0.15) is 0 Å². The molecule has 1 aromatic carbocycles. The van der Waals surface area contributed by atoms with Crippen molar-refractivity contribution in [3.05, 3.63) is 52.3 Å². The van der Waals surface area contributed by atoms with Crippen LogP contribution in [0.1, 0.15) is 10.4 Å². The summed E-state index contributed by atoms with van der Waals surface area (Å²) in [4.78, 5) is 20.6. The van der Waals surface area contributed by atoms with Crippen molar-refractivity contribution in [3.63, 3.8) is 0 Å². The van der Waals surface area contributed by atoms with Gasteiger partial charge in [0.2, 0.25) is 0 Å². The number of non-ortho nitro benzene ring substituents is 1. The van der Waals surface area contributed by atoms with Crippen LogP contribution < -0.4 is 0 Å². The highest BCUT2D eigenvalue weighted by molar-refractivity contribution is 5.73. The summed E-state index contributed by atoms with van der Waals surface area (Å²) in [6.07, 6.45) is 3.57. The fourth-order valence-corrected chi connectivity index (χ4v) is 1.29. The van der Waals surface area contributed by atoms with E-state index < -0.39 is 4.92 Å². The lowest BCUT2D eigenvalue weighted by molar-refractivity contribution is -0.384. The monoisotopic (exact) mass is 217 g/mol. The van der Waals surface area contributed by atoms with Crippen LogP contribution >= 0.6 is 0 Å². The van der Waals surface area contributed by atoms with Gasteiger partial charge < -0.3 is 0 Å². The molecule has 0 radical (unpaired) electrons. The highest BCUT2D eigenvalue weighted by Crippen LogP contribution is 2.16. The van der Waals surface area contributed by atoms with Crippen LogP contribution in [0.3, 0.4) is 0 Å². The molecule has 0 bridgehead atoms. The minimum Gasteiger partial charge on any atom is -0.298 e. The average molecular weight is 217 g/mol. The van der Waals surface area contributed by atoms with Gasteiger partial charge in [0.25, 0.3) is 5.69 Å². The summed E-state index contributed by atoms with van der Waals surface area (Å²) >= 11 is 0. The maximum absolute atomic E-state index is 10.6. The van der Waals surface area contributed by atoms with Gasteiger partial charge >= 0.3 is 0 Å². The highest BCUT2D eigenvalue weighted by Gasteiger charge is 2.07. The van der Waals surface area contributed by atoms with Gasteiger partial charge in [-0.2, -0.15) is 5.10 Å². The molecule has 0 amide bonds.